The summed E-state index contributed by atoms with van der Waals surface area (Å²) in [7, 11) is 0. The number of hydrogen-bond acceptors (Lipinski definition) is 2. The van der Waals surface area contributed by atoms with Crippen LogP contribution < -0.4 is 5.32 Å². The van der Waals surface area contributed by atoms with E-state index in [0.717, 1.165) is 31.6 Å². The topological polar surface area (TPSA) is 46.2 Å². The standard InChI is InChI=1S/C16H25NO2/c1-4-6-14(11-15(18)5-2)17-16(19)13-9-7-12(3)8-10-13/h4,6,11-13H,5,7-10H2,1-3H3,(H,17,19)/b6-4-,14-11+. The number of carbonyl (C=O) groups excluding carboxylic acids is 2. The molecule has 1 aliphatic rings. The molecule has 0 atom stereocenters. The predicted molar refractivity (Wildman–Crippen MR) is 77.5 cm³/mol. The molecular weight excluding hydrogens is 238 g/mol. The fourth-order valence-corrected chi connectivity index (χ4v) is 2.35. The van der Waals surface area contributed by atoms with Gasteiger partial charge in [0.2, 0.25) is 5.91 Å². The van der Waals surface area contributed by atoms with Crippen LogP contribution >= 0.6 is 0 Å². The maximum atomic E-state index is 12.2. The Morgan fingerprint density at radius 2 is 1.84 bits per heavy atom. The molecule has 1 amide bonds. The van der Waals surface area contributed by atoms with Crippen molar-refractivity contribution in [2.24, 2.45) is 11.8 Å². The van der Waals surface area contributed by atoms with E-state index >= 15 is 0 Å². The molecule has 0 bridgehead atoms. The zero-order valence-corrected chi connectivity index (χ0v) is 12.2. The van der Waals surface area contributed by atoms with E-state index in [1.54, 1.807) is 6.08 Å². The van der Waals surface area contributed by atoms with Gasteiger partial charge in [-0.1, -0.05) is 19.9 Å². The molecule has 19 heavy (non-hydrogen) atoms. The molecule has 1 N–H and O–H groups in total. The first-order chi connectivity index (χ1) is 9.06. The molecule has 0 heterocycles. The van der Waals surface area contributed by atoms with Gasteiger partial charge in [0, 0.05) is 24.1 Å². The highest BCUT2D eigenvalue weighted by Crippen LogP contribution is 2.28. The highest BCUT2D eigenvalue weighted by Gasteiger charge is 2.24. The molecule has 0 aliphatic heterocycles. The predicted octanol–water partition coefficient (Wildman–Crippen LogP) is 3.37. The summed E-state index contributed by atoms with van der Waals surface area (Å²) in [5.41, 5.74) is 0.609. The van der Waals surface area contributed by atoms with Gasteiger partial charge in [-0.2, -0.15) is 0 Å². The quantitative estimate of drug-likeness (QED) is 0.610. The van der Waals surface area contributed by atoms with E-state index < -0.39 is 0 Å². The van der Waals surface area contributed by atoms with Crippen LogP contribution in [-0.2, 0) is 9.59 Å². The first-order valence-electron chi connectivity index (χ1n) is 7.24. The Balaban J connectivity index is 2.61. The molecule has 106 valence electrons. The van der Waals surface area contributed by atoms with E-state index in [1.165, 1.54) is 6.08 Å². The largest absolute Gasteiger partial charge is 0.326 e. The molecule has 1 saturated carbocycles. The van der Waals surface area contributed by atoms with Crippen molar-refractivity contribution >= 4 is 11.7 Å². The number of allylic oxidation sites excluding steroid dienone is 3. The second-order valence-corrected chi connectivity index (χ2v) is 5.37. The second kappa shape index (κ2) is 7.93. The van der Waals surface area contributed by atoms with Crippen molar-refractivity contribution in [3.63, 3.8) is 0 Å². The number of nitrogens with one attached hydrogen (secondary N) is 1. The lowest BCUT2D eigenvalue weighted by Gasteiger charge is -2.25. The lowest BCUT2D eigenvalue weighted by atomic mass is 9.82. The van der Waals surface area contributed by atoms with Gasteiger partial charge < -0.3 is 5.32 Å². The van der Waals surface area contributed by atoms with Crippen molar-refractivity contribution in [2.45, 2.75) is 52.9 Å². The molecule has 1 fully saturated rings. The molecule has 0 saturated heterocycles. The average Bonchev–Trinajstić information content (AvgIpc) is 2.39. The fourth-order valence-electron chi connectivity index (χ4n) is 2.35. The van der Waals surface area contributed by atoms with Gasteiger partial charge in [-0.15, -0.1) is 0 Å². The second-order valence-electron chi connectivity index (χ2n) is 5.37. The third-order valence-electron chi connectivity index (χ3n) is 3.67. The molecule has 0 spiro atoms. The summed E-state index contributed by atoms with van der Waals surface area (Å²) in [5.74, 6) is 0.920. The third-order valence-corrected chi connectivity index (χ3v) is 3.67. The summed E-state index contributed by atoms with van der Waals surface area (Å²) in [6.07, 6.45) is 9.73. The van der Waals surface area contributed by atoms with E-state index in [1.807, 2.05) is 19.9 Å². The molecule has 0 aromatic carbocycles. The fraction of sp³-hybridized carbons (Fsp3) is 0.625. The Bertz CT molecular complexity index is 374. The van der Waals surface area contributed by atoms with Crippen LogP contribution in [0.4, 0.5) is 0 Å². The lowest BCUT2D eigenvalue weighted by molar-refractivity contribution is -0.125. The van der Waals surface area contributed by atoms with Gasteiger partial charge in [-0.05, 0) is 44.6 Å². The zero-order chi connectivity index (χ0) is 14.3. The van der Waals surface area contributed by atoms with Crippen molar-refractivity contribution in [2.75, 3.05) is 0 Å². The van der Waals surface area contributed by atoms with Crippen molar-refractivity contribution in [3.05, 3.63) is 23.9 Å². The van der Waals surface area contributed by atoms with Crippen LogP contribution in [0.15, 0.2) is 23.9 Å². The zero-order valence-electron chi connectivity index (χ0n) is 12.2. The smallest absolute Gasteiger partial charge is 0.227 e. The minimum Gasteiger partial charge on any atom is -0.326 e. The molecule has 1 rings (SSSR count). The Morgan fingerprint density at radius 1 is 1.21 bits per heavy atom. The molecular formula is C16H25NO2. The summed E-state index contributed by atoms with van der Waals surface area (Å²) in [6, 6.07) is 0. The van der Waals surface area contributed by atoms with Crippen LogP contribution in [0.3, 0.4) is 0 Å². The molecule has 0 unspecified atom stereocenters. The van der Waals surface area contributed by atoms with Crippen molar-refractivity contribution in [1.29, 1.82) is 0 Å². The first-order valence-corrected chi connectivity index (χ1v) is 7.24. The first kappa shape index (κ1) is 15.7. The number of amides is 1. The maximum absolute atomic E-state index is 12.2. The Labute approximate surface area is 116 Å². The van der Waals surface area contributed by atoms with Gasteiger partial charge >= 0.3 is 0 Å². The van der Waals surface area contributed by atoms with Gasteiger partial charge in [-0.25, -0.2) is 0 Å². The molecule has 0 aromatic rings. The molecule has 0 radical (unpaired) electrons. The Hall–Kier alpha value is -1.38. The highest BCUT2D eigenvalue weighted by atomic mass is 16.2. The van der Waals surface area contributed by atoms with Crippen LogP contribution in [-0.4, -0.2) is 11.7 Å². The monoisotopic (exact) mass is 263 g/mol. The van der Waals surface area contributed by atoms with E-state index in [2.05, 4.69) is 12.2 Å². The van der Waals surface area contributed by atoms with Crippen LogP contribution in [0.25, 0.3) is 0 Å². The highest BCUT2D eigenvalue weighted by molar-refractivity contribution is 5.91. The molecule has 0 aromatic heterocycles. The Morgan fingerprint density at radius 3 is 2.37 bits per heavy atom. The summed E-state index contributed by atoms with van der Waals surface area (Å²) in [6.45, 7) is 5.92. The summed E-state index contributed by atoms with van der Waals surface area (Å²) in [5, 5.41) is 2.88. The molecule has 3 nitrogen and oxygen atoms in total. The summed E-state index contributed by atoms with van der Waals surface area (Å²) >= 11 is 0. The SMILES string of the molecule is C/C=C\C(=C/C(=O)CC)NC(=O)C1CCC(C)CC1. The summed E-state index contributed by atoms with van der Waals surface area (Å²) < 4.78 is 0. The van der Waals surface area contributed by atoms with Crippen molar-refractivity contribution in [3.8, 4) is 0 Å². The van der Waals surface area contributed by atoms with E-state index in [4.69, 9.17) is 0 Å². The van der Waals surface area contributed by atoms with E-state index in [9.17, 15) is 9.59 Å². The number of rotatable bonds is 5. The van der Waals surface area contributed by atoms with Crippen LogP contribution in [0.2, 0.25) is 0 Å². The van der Waals surface area contributed by atoms with Gasteiger partial charge in [0.15, 0.2) is 5.78 Å². The van der Waals surface area contributed by atoms with E-state index in [0.29, 0.717) is 12.1 Å². The third kappa shape index (κ3) is 5.41. The minimum absolute atomic E-state index is 0.0330. The summed E-state index contributed by atoms with van der Waals surface area (Å²) in [4.78, 5) is 23.6. The number of ketones is 1. The van der Waals surface area contributed by atoms with Crippen molar-refractivity contribution in [1.82, 2.24) is 5.32 Å². The van der Waals surface area contributed by atoms with Gasteiger partial charge in [-0.3, -0.25) is 9.59 Å². The number of carbonyl (C=O) groups is 2. The van der Waals surface area contributed by atoms with E-state index in [-0.39, 0.29) is 17.6 Å². The Kier molecular flexibility index (Phi) is 6.54. The van der Waals surface area contributed by atoms with Crippen LogP contribution in [0.1, 0.15) is 52.9 Å². The number of hydrogen-bond donors (Lipinski definition) is 1. The minimum atomic E-state index is 0.0330. The normalized spacial score (nSPS) is 24.5. The van der Waals surface area contributed by atoms with Gasteiger partial charge in [0.05, 0.1) is 0 Å². The molecule has 1 aliphatic carbocycles. The van der Waals surface area contributed by atoms with Crippen LogP contribution in [0, 0.1) is 11.8 Å². The van der Waals surface area contributed by atoms with Gasteiger partial charge in [0.1, 0.15) is 0 Å². The van der Waals surface area contributed by atoms with Crippen molar-refractivity contribution < 1.29 is 9.59 Å². The average molecular weight is 263 g/mol. The molecule has 3 heteroatoms. The van der Waals surface area contributed by atoms with Gasteiger partial charge in [0.25, 0.3) is 0 Å². The maximum Gasteiger partial charge on any atom is 0.227 e. The lowest BCUT2D eigenvalue weighted by Crippen LogP contribution is -2.32. The van der Waals surface area contributed by atoms with Crippen LogP contribution in [0.5, 0.6) is 0 Å².